The van der Waals surface area contributed by atoms with Gasteiger partial charge in [-0.25, -0.2) is 4.79 Å². The van der Waals surface area contributed by atoms with Crippen molar-refractivity contribution in [1.29, 1.82) is 0 Å². The van der Waals surface area contributed by atoms with E-state index in [4.69, 9.17) is 39.1 Å². The number of unbranched alkanes of at least 4 members (excludes halogenated alkanes) is 4. The van der Waals surface area contributed by atoms with Gasteiger partial charge in [0.1, 0.15) is 54.4 Å². The summed E-state index contributed by atoms with van der Waals surface area (Å²) < 4.78 is 5.41. The zero-order valence-corrected chi connectivity index (χ0v) is 42.2. The van der Waals surface area contributed by atoms with Crippen LogP contribution in [0.1, 0.15) is 97.8 Å². The molecule has 0 saturated carbocycles. The summed E-state index contributed by atoms with van der Waals surface area (Å²) in [6.45, 7) is 2.27. The highest BCUT2D eigenvalue weighted by Gasteiger charge is 2.35. The molecule has 0 bridgehead atoms. The number of esters is 1. The van der Waals surface area contributed by atoms with Crippen LogP contribution in [0, 0.1) is 0 Å². The number of ether oxygens (including phenoxy) is 1. The second-order valence-corrected chi connectivity index (χ2v) is 17.5. The molecule has 29 nitrogen and oxygen atoms in total. The van der Waals surface area contributed by atoms with Crippen molar-refractivity contribution in [3.8, 4) is 0 Å². The van der Waals surface area contributed by atoms with Gasteiger partial charge in [0.25, 0.3) is 0 Å². The number of aliphatic hydroxyl groups excluding tert-OH is 1. The summed E-state index contributed by atoms with van der Waals surface area (Å²) >= 11 is 0. The highest BCUT2D eigenvalue weighted by molar-refractivity contribution is 5.97. The Morgan fingerprint density at radius 2 is 1.21 bits per heavy atom. The maximum absolute atomic E-state index is 14.0. The summed E-state index contributed by atoms with van der Waals surface area (Å²) in [7, 11) is 0. The topological polar surface area (TPSA) is 494 Å². The van der Waals surface area contributed by atoms with Gasteiger partial charge in [-0.3, -0.25) is 47.9 Å². The van der Waals surface area contributed by atoms with E-state index in [2.05, 4.69) is 60.1 Å². The van der Waals surface area contributed by atoms with Crippen LogP contribution in [0.2, 0.25) is 0 Å². The molecule has 0 spiro atoms. The molecule has 0 aromatic heterocycles. The Labute approximate surface area is 425 Å². The first-order valence-electron chi connectivity index (χ1n) is 24.7. The quantitative estimate of drug-likeness (QED) is 0.0315. The second kappa shape index (κ2) is 35.9. The van der Waals surface area contributed by atoms with Crippen LogP contribution >= 0.6 is 0 Å². The van der Waals surface area contributed by atoms with Gasteiger partial charge in [-0.05, 0) is 91.5 Å². The van der Waals surface area contributed by atoms with E-state index in [1.807, 2.05) is 0 Å². The summed E-state index contributed by atoms with van der Waals surface area (Å²) in [5.74, 6) is -9.64. The van der Waals surface area contributed by atoms with Gasteiger partial charge in [0.2, 0.25) is 59.1 Å². The molecule has 1 aliphatic heterocycles. The molecule has 0 aromatic rings. The first-order valence-corrected chi connectivity index (χ1v) is 24.7. The molecule has 23 N–H and O–H groups in total. The Morgan fingerprint density at radius 1 is 0.644 bits per heavy atom. The molecule has 1 rings (SSSR count). The van der Waals surface area contributed by atoms with E-state index >= 15 is 0 Å². The molecule has 0 aromatic carbocycles. The molecule has 10 amide bonds. The van der Waals surface area contributed by atoms with Gasteiger partial charge in [-0.2, -0.15) is 0 Å². The number of carbonyl (C=O) groups is 11. The van der Waals surface area contributed by atoms with E-state index in [1.165, 1.54) is 13.8 Å². The van der Waals surface area contributed by atoms with Crippen LogP contribution in [-0.2, 0) is 57.5 Å². The third kappa shape index (κ3) is 24.9. The zero-order valence-electron chi connectivity index (χ0n) is 42.2. The minimum absolute atomic E-state index is 0.00156. The Morgan fingerprint density at radius 3 is 1.79 bits per heavy atom. The lowest BCUT2D eigenvalue weighted by atomic mass is 10.1. The van der Waals surface area contributed by atoms with Gasteiger partial charge in [0.05, 0.1) is 19.2 Å². The molecule has 29 heteroatoms. The normalized spacial score (nSPS) is 22.9. The molecular weight excluding hydrogens is 961 g/mol. The van der Waals surface area contributed by atoms with Crippen LogP contribution in [0.15, 0.2) is 0 Å². The summed E-state index contributed by atoms with van der Waals surface area (Å²) in [6, 6.07) is -11.5. The number of rotatable bonds is 24. The first kappa shape index (κ1) is 64.9. The molecule has 0 radical (unpaired) electrons. The SMILES string of the molecule is CCCCCCCC(=O)N[C@@H](CCN)C(=O)N[C@H](C(=O)N[C@@H](CCN)C(=O)NC1CCNC(=O)[C@@H](N)[C@@H](C)OC(=O)[C@H](CCN)NC(=O)[C@H](CCN)NC(=O)CNC(=O)CNC(=O)C(CCN)NC1=O)[C@@H](C)O. The molecule has 0 aliphatic carbocycles. The van der Waals surface area contributed by atoms with E-state index < -0.39 is 145 Å². The summed E-state index contributed by atoms with van der Waals surface area (Å²) in [6.07, 6.45) is 0.664. The second-order valence-electron chi connectivity index (χ2n) is 17.5. The Balaban J connectivity index is 3.47. The minimum Gasteiger partial charge on any atom is -0.459 e. The molecule has 1 fully saturated rings. The van der Waals surface area contributed by atoms with Crippen LogP contribution < -0.4 is 87.6 Å². The number of cyclic esters (lactones) is 1. The van der Waals surface area contributed by atoms with Crippen molar-refractivity contribution in [2.24, 2.45) is 34.4 Å². The first-order chi connectivity index (χ1) is 34.7. The average molecular weight is 1040 g/mol. The van der Waals surface area contributed by atoms with Gasteiger partial charge >= 0.3 is 5.97 Å². The Bertz CT molecular complexity index is 1830. The van der Waals surface area contributed by atoms with E-state index in [1.54, 1.807) is 0 Å². The molecule has 1 heterocycles. The lowest BCUT2D eigenvalue weighted by Gasteiger charge is -2.28. The maximum Gasteiger partial charge on any atom is 0.329 e. The van der Waals surface area contributed by atoms with Crippen molar-refractivity contribution in [2.75, 3.05) is 52.4 Å². The van der Waals surface area contributed by atoms with E-state index in [-0.39, 0.29) is 77.8 Å². The van der Waals surface area contributed by atoms with Gasteiger partial charge in [-0.1, -0.05) is 32.6 Å². The number of hydrogen-bond acceptors (Lipinski definition) is 19. The molecule has 2 unspecified atom stereocenters. The van der Waals surface area contributed by atoms with E-state index in [9.17, 15) is 57.8 Å². The van der Waals surface area contributed by atoms with Crippen LogP contribution in [-0.4, -0.2) is 183 Å². The van der Waals surface area contributed by atoms with E-state index in [0.717, 1.165) is 25.7 Å². The molecule has 10 atom stereocenters. The average Bonchev–Trinajstić information content (AvgIpc) is 3.34. The summed E-state index contributed by atoms with van der Waals surface area (Å²) in [5, 5.41) is 34.9. The monoisotopic (exact) mass is 1040 g/mol. The Hall–Kier alpha value is -6.11. The lowest BCUT2D eigenvalue weighted by Crippen LogP contribution is -2.61. The smallest absolute Gasteiger partial charge is 0.329 e. The molecule has 416 valence electrons. The molecule has 73 heavy (non-hydrogen) atoms. The fourth-order valence-electron chi connectivity index (χ4n) is 7.11. The van der Waals surface area contributed by atoms with Crippen molar-refractivity contribution >= 4 is 65.0 Å². The zero-order chi connectivity index (χ0) is 55.0. The van der Waals surface area contributed by atoms with Crippen molar-refractivity contribution in [1.82, 2.24) is 53.2 Å². The van der Waals surface area contributed by atoms with Gasteiger partial charge < -0.3 is 97.4 Å². The molecule has 1 aliphatic rings. The highest BCUT2D eigenvalue weighted by atomic mass is 16.5. The number of aliphatic hydroxyl groups is 1. The number of carbonyl (C=O) groups excluding carboxylic acids is 11. The number of nitrogens with two attached hydrogens (primary N) is 6. The molecule has 1 saturated heterocycles. The maximum atomic E-state index is 14.0. The lowest BCUT2D eigenvalue weighted by molar-refractivity contribution is -0.154. The Kier molecular flexibility index (Phi) is 31.9. The predicted molar refractivity (Wildman–Crippen MR) is 264 cm³/mol. The third-order valence-corrected chi connectivity index (χ3v) is 11.4. The van der Waals surface area contributed by atoms with Gasteiger partial charge in [-0.15, -0.1) is 0 Å². The molecular formula is C44H82N16O13. The van der Waals surface area contributed by atoms with Crippen molar-refractivity contribution in [2.45, 2.75) is 158 Å². The number of hydrogen-bond donors (Lipinski definition) is 17. The van der Waals surface area contributed by atoms with Gasteiger partial charge in [0.15, 0.2) is 0 Å². The number of nitrogens with one attached hydrogen (secondary N) is 10. The van der Waals surface area contributed by atoms with Crippen LogP contribution in [0.3, 0.4) is 0 Å². The summed E-state index contributed by atoms with van der Waals surface area (Å²) in [4.78, 5) is 146. The van der Waals surface area contributed by atoms with Crippen molar-refractivity contribution in [3.05, 3.63) is 0 Å². The van der Waals surface area contributed by atoms with Crippen LogP contribution in [0.5, 0.6) is 0 Å². The third-order valence-electron chi connectivity index (χ3n) is 11.4. The van der Waals surface area contributed by atoms with Crippen LogP contribution in [0.25, 0.3) is 0 Å². The fourth-order valence-corrected chi connectivity index (χ4v) is 7.11. The highest BCUT2D eigenvalue weighted by Crippen LogP contribution is 2.08. The van der Waals surface area contributed by atoms with Gasteiger partial charge in [0, 0.05) is 13.0 Å². The van der Waals surface area contributed by atoms with Crippen molar-refractivity contribution in [3.63, 3.8) is 0 Å². The largest absolute Gasteiger partial charge is 0.459 e. The fraction of sp³-hybridized carbons (Fsp3) is 0.750. The summed E-state index contributed by atoms with van der Waals surface area (Å²) in [5.41, 5.74) is 34.7. The van der Waals surface area contributed by atoms with Crippen LogP contribution in [0.4, 0.5) is 0 Å². The minimum atomic E-state index is -1.67. The van der Waals surface area contributed by atoms with Crippen molar-refractivity contribution < 1.29 is 62.6 Å². The number of amides is 10. The predicted octanol–water partition coefficient (Wildman–Crippen LogP) is -8.12. The van der Waals surface area contributed by atoms with E-state index in [0.29, 0.717) is 6.42 Å². The standard InChI is InChI=1S/C44H82N16O13/c1-4-5-6-7-8-9-32(62)54-28(12-18-47)41(69)60-36(24(2)61)43(71)58-29(13-19-48)39(67)57-30-15-21-51-42(70)35(50)25(3)73-44(72)31(14-20-49)59-38(66)27(11-17-46)55-34(64)23-52-33(63)22-53-37(65)26(10-16-45)56-40(30)68/h24-31,35-36,61H,4-23,45-50H2,1-3H3,(H,51,70)(H,52,63)(H,53,65)(H,54,62)(H,55,64)(H,56,68)(H,57,67)(H,58,71)(H,59,66)(H,60,69)/t24-,25-,26?,27+,28+,29+,30?,31+,35+,36+/m1/s1.